The van der Waals surface area contributed by atoms with Crippen LogP contribution in [0.2, 0.25) is 0 Å². The molecule has 0 heterocycles. The fraction of sp³-hybridized carbons (Fsp3) is 0. The van der Waals surface area contributed by atoms with Crippen molar-refractivity contribution in [3.63, 3.8) is 0 Å². The Morgan fingerprint density at radius 1 is 1.00 bits per heavy atom. The van der Waals surface area contributed by atoms with Crippen LogP contribution >= 0.6 is 0 Å². The van der Waals surface area contributed by atoms with Crippen LogP contribution in [0.5, 0.6) is 0 Å². The molecule has 0 amide bonds. The fourth-order valence-corrected chi connectivity index (χ4v) is 0. The fourth-order valence-electron chi connectivity index (χ4n) is 0. The van der Waals surface area contributed by atoms with Gasteiger partial charge in [-0.1, -0.05) is 0 Å². The van der Waals surface area contributed by atoms with E-state index < -0.39 is 0 Å². The molecule has 5 heteroatoms. The molecule has 2 radical (unpaired) electrons. The summed E-state index contributed by atoms with van der Waals surface area (Å²) in [4.78, 5) is 0. The van der Waals surface area contributed by atoms with Crippen molar-refractivity contribution in [2.45, 2.75) is 0 Å². The Kier molecular flexibility index (Phi) is 412. The van der Waals surface area contributed by atoms with Gasteiger partial charge in [0.1, 0.15) is 0 Å². The first-order valence-corrected chi connectivity index (χ1v) is 1.22. The van der Waals surface area contributed by atoms with Crippen LogP contribution in [-0.4, -0.2) is 23.0 Å². The monoisotopic (exact) mass is 217 g/mol. The van der Waals surface area contributed by atoms with E-state index in [-0.39, 0.29) is 32.7 Å². The zero-order chi connectivity index (χ0) is 2.00. The van der Waals surface area contributed by atoms with Gasteiger partial charge >= 0.3 is 47.7 Å². The van der Waals surface area contributed by atoms with Crippen LogP contribution in [-0.2, 0) is 35.7 Å². The Morgan fingerprint density at radius 2 is 1.00 bits per heavy atom. The molecule has 0 aromatic heterocycles. The average molecular weight is 218 g/mol. The maximum atomic E-state index is 8.30. The molecular formula is O3SbTi+. The third-order valence-electron chi connectivity index (χ3n) is 0. The van der Waals surface area contributed by atoms with Crippen molar-refractivity contribution in [3.05, 3.63) is 0 Å². The molecule has 26 valence electrons. The molecule has 0 fully saturated rings. The van der Waals surface area contributed by atoms with Gasteiger partial charge in [0.15, 0.2) is 0 Å². The van der Waals surface area contributed by atoms with E-state index in [0.717, 1.165) is 0 Å². The largest absolute Gasteiger partial charge is 4.00 e. The second kappa shape index (κ2) is 60.5. The van der Waals surface area contributed by atoms with E-state index in [4.69, 9.17) is 3.02 Å². The molecule has 0 aliphatic heterocycles. The van der Waals surface area contributed by atoms with Crippen LogP contribution in [0.25, 0.3) is 0 Å². The number of rotatable bonds is 0. The summed E-state index contributed by atoms with van der Waals surface area (Å²) in [6.45, 7) is 0. The van der Waals surface area contributed by atoms with E-state index in [2.05, 4.69) is 0 Å². The third-order valence-corrected chi connectivity index (χ3v) is 0. The summed E-state index contributed by atoms with van der Waals surface area (Å²) in [5, 5.41) is 0. The van der Waals surface area contributed by atoms with E-state index >= 15 is 0 Å². The van der Waals surface area contributed by atoms with Crippen LogP contribution in [0.1, 0.15) is 0 Å². The summed E-state index contributed by atoms with van der Waals surface area (Å²) in [6, 6.07) is 0. The van der Waals surface area contributed by atoms with Gasteiger partial charge in [-0.25, -0.2) is 0 Å². The molecule has 3 nitrogen and oxygen atoms in total. The topological polar surface area (TPSA) is 74.1 Å². The van der Waals surface area contributed by atoms with Crippen molar-refractivity contribution in [1.29, 1.82) is 0 Å². The molecule has 0 rings (SSSR count). The van der Waals surface area contributed by atoms with E-state index in [1.54, 1.807) is 0 Å². The molecule has 0 N–H and O–H groups in total. The third kappa shape index (κ3) is 35.4. The Balaban J connectivity index is -0.00000000167. The van der Waals surface area contributed by atoms with Gasteiger partial charge in [0.05, 0.1) is 0 Å². The predicted molar refractivity (Wildman–Crippen MR) is 7.81 cm³/mol. The predicted octanol–water partition coefficient (Wildman–Crippen LogP) is -0.740. The maximum absolute atomic E-state index is 8.30. The van der Waals surface area contributed by atoms with Crippen LogP contribution in [0.4, 0.5) is 0 Å². The molecular weight excluding hydrogens is 218 g/mol. The van der Waals surface area contributed by atoms with Crippen molar-refractivity contribution in [2.24, 2.45) is 0 Å². The molecule has 0 aliphatic carbocycles. The number of hydrogen-bond donors (Lipinski definition) is 0. The van der Waals surface area contributed by atoms with Gasteiger partial charge in [-0.2, -0.15) is 0 Å². The average Bonchev–Trinajstić information content (AvgIpc) is 1.00. The Hall–Kier alpha value is 1.25. The van der Waals surface area contributed by atoms with E-state index in [9.17, 15) is 0 Å². The summed E-state index contributed by atoms with van der Waals surface area (Å²) >= 11 is 0.500. The van der Waals surface area contributed by atoms with Crippen LogP contribution in [0.3, 0.4) is 0 Å². The Bertz CT molecular complexity index is 6.85. The van der Waals surface area contributed by atoms with Crippen LogP contribution in [0.15, 0.2) is 0 Å². The van der Waals surface area contributed by atoms with E-state index in [0.29, 0.717) is 23.0 Å². The molecule has 0 aromatic carbocycles. The van der Waals surface area contributed by atoms with Crippen molar-refractivity contribution in [2.75, 3.05) is 0 Å². The summed E-state index contributed by atoms with van der Waals surface area (Å²) in [7, 11) is 0. The zero-order valence-corrected chi connectivity index (χ0v) is 6.29. The Labute approximate surface area is 58.5 Å². The first-order valence-electron chi connectivity index (χ1n) is 0.183. The normalized spacial score (nSPS) is 0.800. The van der Waals surface area contributed by atoms with Gasteiger partial charge in [0.2, 0.25) is 0 Å². The molecule has 0 unspecified atom stereocenters. The van der Waals surface area contributed by atoms with Gasteiger partial charge < -0.3 is 11.0 Å². The quantitative estimate of drug-likeness (QED) is 0.493. The Morgan fingerprint density at radius 3 is 1.00 bits per heavy atom. The van der Waals surface area contributed by atoms with Crippen molar-refractivity contribution >= 4 is 23.0 Å². The second-order valence-corrected chi connectivity index (χ2v) is 0. The summed E-state index contributed by atoms with van der Waals surface area (Å²) in [6.07, 6.45) is 0. The van der Waals surface area contributed by atoms with Gasteiger partial charge in [-0.3, -0.25) is 0 Å². The first-order chi connectivity index (χ1) is 1.00. The smallest absolute Gasteiger partial charge is 4.00 e. The molecule has 0 saturated carbocycles. The van der Waals surface area contributed by atoms with Gasteiger partial charge in [0.25, 0.3) is 0 Å². The molecule has 0 aromatic rings. The molecule has 0 spiro atoms. The van der Waals surface area contributed by atoms with Gasteiger partial charge in [-0.05, 0) is 0 Å². The first kappa shape index (κ1) is 34.0. The van der Waals surface area contributed by atoms with Crippen molar-refractivity contribution in [1.82, 2.24) is 0 Å². The van der Waals surface area contributed by atoms with Crippen molar-refractivity contribution in [3.8, 4) is 0 Å². The minimum absolute atomic E-state index is 0. The molecule has 0 saturated heterocycles. The molecule has 0 aliphatic rings. The maximum Gasteiger partial charge on any atom is 4.00 e. The second-order valence-electron chi connectivity index (χ2n) is 0. The van der Waals surface area contributed by atoms with Crippen LogP contribution < -0.4 is 0 Å². The summed E-state index contributed by atoms with van der Waals surface area (Å²) < 4.78 is 8.30. The van der Waals surface area contributed by atoms with E-state index in [1.807, 2.05) is 0 Å². The summed E-state index contributed by atoms with van der Waals surface area (Å²) in [5.74, 6) is 0. The summed E-state index contributed by atoms with van der Waals surface area (Å²) in [5.41, 5.74) is 0. The minimum atomic E-state index is 0. The van der Waals surface area contributed by atoms with Crippen molar-refractivity contribution < 1.29 is 35.7 Å². The zero-order valence-electron chi connectivity index (χ0n) is 2.17. The standard InChI is InChI=1S/3O.Sb.Ti/q;2*-2;+1;+4. The molecule has 5 heavy (non-hydrogen) atoms. The van der Waals surface area contributed by atoms with E-state index in [1.165, 1.54) is 0 Å². The minimum Gasteiger partial charge on any atom is 4.00 e. The van der Waals surface area contributed by atoms with Gasteiger partial charge in [-0.15, -0.1) is 0 Å². The number of hydrogen-bond acceptors (Lipinski definition) is 1. The van der Waals surface area contributed by atoms with Gasteiger partial charge in [0, 0.05) is 0 Å². The van der Waals surface area contributed by atoms with Crippen LogP contribution in [0, 0.1) is 0 Å². The molecule has 0 bridgehead atoms. The SMILES string of the molecule is [O-2].[O-2].[O]=[Sb+].[Ti+4]. The molecule has 0 atom stereocenters.